The number of benzene rings is 2. The molecule has 0 aromatic heterocycles. The summed E-state index contributed by atoms with van der Waals surface area (Å²) in [6.07, 6.45) is 0.113. The van der Waals surface area contributed by atoms with E-state index in [1.807, 2.05) is 13.0 Å². The topological polar surface area (TPSA) is 95.6 Å². The number of sulfonamides is 1. The lowest BCUT2D eigenvalue weighted by Crippen LogP contribution is -2.27. The molecule has 1 heterocycles. The fraction of sp³-hybridized carbons (Fsp3) is 0.263. The third-order valence-corrected chi connectivity index (χ3v) is 6.30. The maximum Gasteiger partial charge on any atom is 0.263 e. The van der Waals surface area contributed by atoms with E-state index in [4.69, 9.17) is 11.6 Å². The third-order valence-electron chi connectivity index (χ3n) is 4.45. The van der Waals surface area contributed by atoms with Gasteiger partial charge in [-0.25, -0.2) is 8.42 Å². The zero-order chi connectivity index (χ0) is 20.5. The van der Waals surface area contributed by atoms with Crippen LogP contribution in [0, 0.1) is 0 Å². The highest BCUT2D eigenvalue weighted by Gasteiger charge is 2.25. The number of hydrogen-bond acceptors (Lipinski definition) is 4. The number of carbonyl (C=O) groups excluding carboxylic acids is 2. The summed E-state index contributed by atoms with van der Waals surface area (Å²) in [4.78, 5) is 24.7. The van der Waals surface area contributed by atoms with E-state index in [2.05, 4.69) is 10.0 Å². The molecule has 1 aliphatic heterocycles. The number of hydrogen-bond donors (Lipinski definition) is 2. The van der Waals surface area contributed by atoms with Gasteiger partial charge in [-0.2, -0.15) is 0 Å². The van der Waals surface area contributed by atoms with Crippen LogP contribution in [0.2, 0.25) is 5.02 Å². The van der Waals surface area contributed by atoms with Crippen molar-refractivity contribution in [2.45, 2.75) is 31.7 Å². The minimum Gasteiger partial charge on any atom is -0.339 e. The fourth-order valence-electron chi connectivity index (χ4n) is 3.04. The third kappa shape index (κ3) is 4.28. The molecule has 0 radical (unpaired) electrons. The van der Waals surface area contributed by atoms with Gasteiger partial charge in [-0.05, 0) is 42.3 Å². The van der Waals surface area contributed by atoms with Crippen molar-refractivity contribution in [3.63, 3.8) is 0 Å². The average Bonchev–Trinajstić information content (AvgIpc) is 2.97. The van der Waals surface area contributed by atoms with Crippen molar-refractivity contribution in [1.29, 1.82) is 0 Å². The van der Waals surface area contributed by atoms with E-state index in [0.29, 0.717) is 30.0 Å². The first kappa shape index (κ1) is 20.2. The first-order valence-electron chi connectivity index (χ1n) is 8.69. The molecule has 0 bridgehead atoms. The van der Waals surface area contributed by atoms with Crippen molar-refractivity contribution < 1.29 is 18.0 Å². The van der Waals surface area contributed by atoms with E-state index >= 15 is 0 Å². The Balaban J connectivity index is 1.86. The van der Waals surface area contributed by atoms with Gasteiger partial charge in [0.25, 0.3) is 10.0 Å². The van der Waals surface area contributed by atoms with Crippen LogP contribution in [-0.2, 0) is 32.6 Å². The first-order chi connectivity index (χ1) is 13.2. The molecule has 0 atom stereocenters. The van der Waals surface area contributed by atoms with Crippen LogP contribution in [0.25, 0.3) is 0 Å². The lowest BCUT2D eigenvalue weighted by atomic mass is 10.2. The molecular weight excluding hydrogens is 402 g/mol. The molecule has 0 unspecified atom stereocenters. The van der Waals surface area contributed by atoms with Gasteiger partial charge in [0.15, 0.2) is 0 Å². The van der Waals surface area contributed by atoms with E-state index in [0.717, 1.165) is 5.56 Å². The maximum absolute atomic E-state index is 12.8. The highest BCUT2D eigenvalue weighted by atomic mass is 35.5. The molecule has 148 valence electrons. The van der Waals surface area contributed by atoms with Crippen molar-refractivity contribution >= 4 is 44.8 Å². The van der Waals surface area contributed by atoms with Crippen LogP contribution >= 0.6 is 11.6 Å². The molecule has 2 aromatic carbocycles. The van der Waals surface area contributed by atoms with Crippen molar-refractivity contribution in [1.82, 2.24) is 4.90 Å². The summed E-state index contributed by atoms with van der Waals surface area (Å²) in [7, 11) is -3.95. The summed E-state index contributed by atoms with van der Waals surface area (Å²) in [5, 5.41) is 2.66. The number of fused-ring (bicyclic) bond motifs is 1. The predicted octanol–water partition coefficient (Wildman–Crippen LogP) is 3.00. The van der Waals surface area contributed by atoms with Crippen molar-refractivity contribution in [2.24, 2.45) is 0 Å². The molecule has 2 aromatic rings. The minimum absolute atomic E-state index is 0.0262. The number of nitrogens with zero attached hydrogens (tertiary/aromatic N) is 1. The number of halogens is 1. The largest absolute Gasteiger partial charge is 0.339 e. The Morgan fingerprint density at radius 2 is 2.04 bits per heavy atom. The zero-order valence-corrected chi connectivity index (χ0v) is 17.0. The molecular formula is C19H20ClN3O4S. The fourth-order valence-corrected chi connectivity index (χ4v) is 4.67. The molecule has 7 nitrogen and oxygen atoms in total. The lowest BCUT2D eigenvalue weighted by Gasteiger charge is -2.19. The Morgan fingerprint density at radius 1 is 1.29 bits per heavy atom. The minimum atomic E-state index is -3.95. The number of nitrogens with one attached hydrogen (secondary N) is 2. The van der Waals surface area contributed by atoms with Crippen LogP contribution in [0.3, 0.4) is 0 Å². The Bertz CT molecular complexity index is 1050. The van der Waals surface area contributed by atoms with E-state index in [1.165, 1.54) is 19.1 Å². The number of rotatable bonds is 6. The van der Waals surface area contributed by atoms with Crippen molar-refractivity contribution in [3.8, 4) is 0 Å². The molecule has 9 heteroatoms. The van der Waals surface area contributed by atoms with Gasteiger partial charge in [0.1, 0.15) is 4.90 Å². The Morgan fingerprint density at radius 3 is 2.71 bits per heavy atom. The molecule has 2 amide bonds. The summed E-state index contributed by atoms with van der Waals surface area (Å²) < 4.78 is 28.2. The summed E-state index contributed by atoms with van der Waals surface area (Å²) in [5.74, 6) is -0.256. The number of amides is 2. The molecule has 0 fully saturated rings. The van der Waals surface area contributed by atoms with Gasteiger partial charge in [0, 0.05) is 31.4 Å². The van der Waals surface area contributed by atoms with Gasteiger partial charge >= 0.3 is 0 Å². The van der Waals surface area contributed by atoms with Gasteiger partial charge < -0.3 is 10.2 Å². The van der Waals surface area contributed by atoms with Crippen LogP contribution in [0.1, 0.15) is 25.0 Å². The zero-order valence-electron chi connectivity index (χ0n) is 15.5. The smallest absolute Gasteiger partial charge is 0.263 e. The molecule has 0 saturated carbocycles. The SMILES string of the molecule is CCN(Cc1cccc(NS(=O)(=O)c2cc3c(cc2Cl)NC(=O)C3)c1)C(C)=O. The highest BCUT2D eigenvalue weighted by molar-refractivity contribution is 7.92. The number of carbonyl (C=O) groups is 2. The summed E-state index contributed by atoms with van der Waals surface area (Å²) in [5.41, 5.74) is 2.28. The van der Waals surface area contributed by atoms with E-state index in [-0.39, 0.29) is 28.2 Å². The Labute approximate surface area is 168 Å². The van der Waals surface area contributed by atoms with Crippen LogP contribution in [-0.4, -0.2) is 31.7 Å². The summed E-state index contributed by atoms with van der Waals surface area (Å²) in [6.45, 7) is 4.31. The van der Waals surface area contributed by atoms with Gasteiger partial charge in [-0.1, -0.05) is 23.7 Å². The average molecular weight is 422 g/mol. The molecule has 0 spiro atoms. The predicted molar refractivity (Wildman–Crippen MR) is 108 cm³/mol. The highest BCUT2D eigenvalue weighted by Crippen LogP contribution is 2.33. The molecule has 0 aliphatic carbocycles. The number of anilines is 2. The van der Waals surface area contributed by atoms with Crippen molar-refractivity contribution in [2.75, 3.05) is 16.6 Å². The van der Waals surface area contributed by atoms with Gasteiger partial charge in [0.05, 0.1) is 11.4 Å². The Hall–Kier alpha value is -2.58. The van der Waals surface area contributed by atoms with E-state index in [9.17, 15) is 18.0 Å². The van der Waals surface area contributed by atoms with E-state index < -0.39 is 10.0 Å². The molecule has 0 saturated heterocycles. The monoisotopic (exact) mass is 421 g/mol. The lowest BCUT2D eigenvalue weighted by molar-refractivity contribution is -0.129. The quantitative estimate of drug-likeness (QED) is 0.749. The van der Waals surface area contributed by atoms with Gasteiger partial charge in [-0.15, -0.1) is 0 Å². The molecule has 2 N–H and O–H groups in total. The van der Waals surface area contributed by atoms with Crippen LogP contribution < -0.4 is 10.0 Å². The second-order valence-corrected chi connectivity index (χ2v) is 8.56. The van der Waals surface area contributed by atoms with E-state index in [1.54, 1.807) is 23.1 Å². The summed E-state index contributed by atoms with van der Waals surface area (Å²) >= 11 is 6.15. The normalized spacial score (nSPS) is 13.0. The second kappa shape index (κ2) is 7.81. The summed E-state index contributed by atoms with van der Waals surface area (Å²) in [6, 6.07) is 9.69. The van der Waals surface area contributed by atoms with Gasteiger partial charge in [0.2, 0.25) is 11.8 Å². The van der Waals surface area contributed by atoms with Crippen LogP contribution in [0.5, 0.6) is 0 Å². The molecule has 28 heavy (non-hydrogen) atoms. The van der Waals surface area contributed by atoms with Gasteiger partial charge in [-0.3, -0.25) is 14.3 Å². The van der Waals surface area contributed by atoms with Crippen molar-refractivity contribution in [3.05, 3.63) is 52.5 Å². The molecule has 1 aliphatic rings. The molecule has 3 rings (SSSR count). The van der Waals surface area contributed by atoms with Crippen LogP contribution in [0.4, 0.5) is 11.4 Å². The first-order valence-corrected chi connectivity index (χ1v) is 10.5. The maximum atomic E-state index is 12.8. The van der Waals surface area contributed by atoms with Crippen LogP contribution in [0.15, 0.2) is 41.3 Å². The second-order valence-electron chi connectivity index (χ2n) is 6.50. The standard InChI is InChI=1S/C19H20ClN3O4S/c1-3-23(12(2)24)11-13-5-4-6-15(7-13)22-28(26,27)18-8-14-9-19(25)21-17(14)10-16(18)20/h4-8,10,22H,3,9,11H2,1-2H3,(H,21,25). The Kier molecular flexibility index (Phi) is 5.62.